The second-order valence-electron chi connectivity index (χ2n) is 2.98. The van der Waals surface area contributed by atoms with Crippen molar-refractivity contribution < 1.29 is 18.0 Å². The molecule has 3 nitrogen and oxygen atoms in total. The Bertz CT molecular complexity index is 323. The molecule has 15 heavy (non-hydrogen) atoms. The average molecular weight is 238 g/mol. The third-order valence-corrected chi connectivity index (χ3v) is 2.71. The van der Waals surface area contributed by atoms with Crippen LogP contribution in [0.3, 0.4) is 0 Å². The molecule has 0 aliphatic carbocycles. The van der Waals surface area contributed by atoms with Gasteiger partial charge in [0.25, 0.3) is 0 Å². The molecular weight excluding hydrogens is 229 g/mol. The second-order valence-corrected chi connectivity index (χ2v) is 3.91. The predicted molar refractivity (Wildman–Crippen MR) is 49.6 cm³/mol. The molecule has 0 aliphatic heterocycles. The van der Waals surface area contributed by atoms with Crippen molar-refractivity contribution in [3.63, 3.8) is 0 Å². The minimum atomic E-state index is -4.82. The van der Waals surface area contributed by atoms with E-state index in [1.807, 2.05) is 5.32 Å². The largest absolute Gasteiger partial charge is 0.471 e. The maximum Gasteiger partial charge on any atom is 0.471 e. The number of halogens is 3. The fourth-order valence-electron chi connectivity index (χ4n) is 0.911. The van der Waals surface area contributed by atoms with Crippen LogP contribution >= 0.6 is 11.3 Å². The van der Waals surface area contributed by atoms with E-state index in [2.05, 4.69) is 4.98 Å². The molecule has 0 bridgehead atoms. The number of amides is 1. The first-order valence-electron chi connectivity index (χ1n) is 4.15. The molecule has 84 valence electrons. The summed E-state index contributed by atoms with van der Waals surface area (Å²) >= 11 is 1.35. The lowest BCUT2D eigenvalue weighted by atomic mass is 10.2. The molecule has 1 heterocycles. The van der Waals surface area contributed by atoms with Crippen LogP contribution in [0, 0.1) is 0 Å². The summed E-state index contributed by atoms with van der Waals surface area (Å²) in [7, 11) is 0. The molecule has 1 atom stereocenters. The normalized spacial score (nSPS) is 13.6. The number of aromatic nitrogens is 1. The smallest absolute Gasteiger partial charge is 0.348 e. The molecule has 1 rings (SSSR count). The number of nitrogens with zero attached hydrogens (tertiary/aromatic N) is 1. The van der Waals surface area contributed by atoms with Crippen molar-refractivity contribution in [2.24, 2.45) is 0 Å². The van der Waals surface area contributed by atoms with Gasteiger partial charge in [-0.05, 0) is 0 Å². The highest BCUT2D eigenvalue weighted by molar-refractivity contribution is 7.09. The van der Waals surface area contributed by atoms with Gasteiger partial charge in [0.2, 0.25) is 0 Å². The van der Waals surface area contributed by atoms with Gasteiger partial charge in [-0.1, -0.05) is 6.92 Å². The zero-order chi connectivity index (χ0) is 11.5. The lowest BCUT2D eigenvalue weighted by Crippen LogP contribution is -2.38. The Morgan fingerprint density at radius 1 is 1.67 bits per heavy atom. The molecule has 0 spiro atoms. The Hall–Kier alpha value is -1.11. The van der Waals surface area contributed by atoms with Crippen LogP contribution in [0.1, 0.15) is 17.8 Å². The van der Waals surface area contributed by atoms with Crippen molar-refractivity contribution >= 4 is 17.2 Å². The fraction of sp³-hybridized carbons (Fsp3) is 0.500. The summed E-state index contributed by atoms with van der Waals surface area (Å²) in [4.78, 5) is 14.4. The van der Waals surface area contributed by atoms with Gasteiger partial charge in [-0.15, -0.1) is 11.3 Å². The Labute approximate surface area is 88.3 Å². The van der Waals surface area contributed by atoms with Crippen LogP contribution in [0.5, 0.6) is 0 Å². The molecule has 0 aromatic carbocycles. The lowest BCUT2D eigenvalue weighted by Gasteiger charge is -2.11. The molecule has 1 N–H and O–H groups in total. The van der Waals surface area contributed by atoms with Crippen molar-refractivity contribution in [2.75, 3.05) is 6.54 Å². The van der Waals surface area contributed by atoms with Crippen molar-refractivity contribution in [1.29, 1.82) is 0 Å². The first kappa shape index (κ1) is 12.0. The molecule has 0 fully saturated rings. The SMILES string of the molecule is CC(CNC(=O)C(F)(F)F)c1nccs1. The van der Waals surface area contributed by atoms with Gasteiger partial charge in [-0.3, -0.25) is 4.79 Å². The van der Waals surface area contributed by atoms with E-state index in [0.717, 1.165) is 0 Å². The highest BCUT2D eigenvalue weighted by Gasteiger charge is 2.38. The van der Waals surface area contributed by atoms with E-state index in [9.17, 15) is 18.0 Å². The monoisotopic (exact) mass is 238 g/mol. The summed E-state index contributed by atoms with van der Waals surface area (Å²) in [6.07, 6.45) is -3.25. The summed E-state index contributed by atoms with van der Waals surface area (Å²) in [5.41, 5.74) is 0. The molecule has 1 aromatic rings. The molecule has 0 radical (unpaired) electrons. The van der Waals surface area contributed by atoms with Gasteiger partial charge in [0.15, 0.2) is 0 Å². The van der Waals surface area contributed by atoms with E-state index in [0.29, 0.717) is 5.01 Å². The van der Waals surface area contributed by atoms with Crippen molar-refractivity contribution in [1.82, 2.24) is 10.3 Å². The topological polar surface area (TPSA) is 42.0 Å². The molecule has 0 saturated carbocycles. The molecular formula is C8H9F3N2OS. The highest BCUT2D eigenvalue weighted by Crippen LogP contribution is 2.18. The molecule has 1 unspecified atom stereocenters. The number of hydrogen-bond acceptors (Lipinski definition) is 3. The highest BCUT2D eigenvalue weighted by atomic mass is 32.1. The van der Waals surface area contributed by atoms with E-state index >= 15 is 0 Å². The predicted octanol–water partition coefficient (Wildman–Crippen LogP) is 1.93. The maximum absolute atomic E-state index is 11.8. The molecule has 7 heteroatoms. The fourth-order valence-corrected chi connectivity index (χ4v) is 1.61. The number of thiazole rings is 1. The molecule has 0 aliphatic rings. The van der Waals surface area contributed by atoms with E-state index in [-0.39, 0.29) is 12.5 Å². The summed E-state index contributed by atoms with van der Waals surface area (Å²) in [5, 5.41) is 4.25. The molecule has 1 amide bonds. The zero-order valence-electron chi connectivity index (χ0n) is 7.84. The van der Waals surface area contributed by atoms with Gasteiger partial charge >= 0.3 is 12.1 Å². The van der Waals surface area contributed by atoms with Gasteiger partial charge < -0.3 is 5.32 Å². The Balaban J connectivity index is 2.42. The zero-order valence-corrected chi connectivity index (χ0v) is 8.65. The first-order chi connectivity index (χ1) is 6.91. The lowest BCUT2D eigenvalue weighted by molar-refractivity contribution is -0.173. The number of alkyl halides is 3. The maximum atomic E-state index is 11.8. The number of rotatable bonds is 3. The number of carbonyl (C=O) groups is 1. The van der Waals surface area contributed by atoms with Gasteiger partial charge in [-0.2, -0.15) is 13.2 Å². The Morgan fingerprint density at radius 2 is 2.33 bits per heavy atom. The minimum absolute atomic E-state index is 0.0636. The number of carbonyl (C=O) groups excluding carboxylic acids is 1. The van der Waals surface area contributed by atoms with E-state index in [1.54, 1.807) is 18.5 Å². The van der Waals surface area contributed by atoms with Crippen molar-refractivity contribution in [2.45, 2.75) is 19.0 Å². The third kappa shape index (κ3) is 3.50. The quantitative estimate of drug-likeness (QED) is 0.874. The third-order valence-electron chi connectivity index (χ3n) is 1.70. The average Bonchev–Trinajstić information content (AvgIpc) is 2.64. The van der Waals surface area contributed by atoms with Crippen LogP contribution in [0.4, 0.5) is 13.2 Å². The molecule has 0 saturated heterocycles. The summed E-state index contributed by atoms with van der Waals surface area (Å²) in [6.45, 7) is 1.64. The van der Waals surface area contributed by atoms with Crippen LogP contribution in [-0.2, 0) is 4.79 Å². The summed E-state index contributed by atoms with van der Waals surface area (Å²) in [5.74, 6) is -2.12. The Morgan fingerprint density at radius 3 is 2.80 bits per heavy atom. The minimum Gasteiger partial charge on any atom is -0.348 e. The second kappa shape index (κ2) is 4.61. The van der Waals surface area contributed by atoms with Crippen molar-refractivity contribution in [3.05, 3.63) is 16.6 Å². The van der Waals surface area contributed by atoms with Gasteiger partial charge in [0.1, 0.15) is 0 Å². The summed E-state index contributed by atoms with van der Waals surface area (Å²) in [6, 6.07) is 0. The van der Waals surface area contributed by atoms with Crippen LogP contribution in [0.2, 0.25) is 0 Å². The van der Waals surface area contributed by atoms with Crippen LogP contribution < -0.4 is 5.32 Å². The number of hydrogen-bond donors (Lipinski definition) is 1. The van der Waals surface area contributed by atoms with E-state index in [1.165, 1.54) is 11.3 Å². The van der Waals surface area contributed by atoms with Crippen LogP contribution in [-0.4, -0.2) is 23.6 Å². The molecule has 1 aromatic heterocycles. The van der Waals surface area contributed by atoms with Gasteiger partial charge in [-0.25, -0.2) is 4.98 Å². The van der Waals surface area contributed by atoms with Crippen molar-refractivity contribution in [3.8, 4) is 0 Å². The first-order valence-corrected chi connectivity index (χ1v) is 5.03. The van der Waals surface area contributed by atoms with E-state index in [4.69, 9.17) is 0 Å². The van der Waals surface area contributed by atoms with Gasteiger partial charge in [0, 0.05) is 24.0 Å². The standard InChI is InChI=1S/C8H9F3N2OS/c1-5(6-12-2-3-15-6)4-13-7(14)8(9,10)11/h2-3,5H,4H2,1H3,(H,13,14). The Kier molecular flexibility index (Phi) is 3.67. The summed E-state index contributed by atoms with van der Waals surface area (Å²) < 4.78 is 35.5. The van der Waals surface area contributed by atoms with Crippen LogP contribution in [0.25, 0.3) is 0 Å². The van der Waals surface area contributed by atoms with Gasteiger partial charge in [0.05, 0.1) is 5.01 Å². The van der Waals surface area contributed by atoms with Crippen LogP contribution in [0.15, 0.2) is 11.6 Å². The number of nitrogens with one attached hydrogen (secondary N) is 1. The van der Waals surface area contributed by atoms with E-state index < -0.39 is 12.1 Å².